The summed E-state index contributed by atoms with van der Waals surface area (Å²) in [5, 5.41) is 2.62. The molecule has 0 bridgehead atoms. The van der Waals surface area contributed by atoms with Crippen LogP contribution in [0.5, 0.6) is 0 Å². The molecule has 0 atom stereocenters. The summed E-state index contributed by atoms with van der Waals surface area (Å²) in [6.07, 6.45) is 1.50. The predicted molar refractivity (Wildman–Crippen MR) is 162 cm³/mol. The first kappa shape index (κ1) is 48.6. The molecule has 0 N–H and O–H groups in total. The molecule has 198 valence electrons. The van der Waals surface area contributed by atoms with Crippen LogP contribution >= 0.6 is 0 Å². The number of carbonyl (C=O) groups excluding carboxylic acids is 2. The fourth-order valence-corrected chi connectivity index (χ4v) is 1.52. The average molecular weight is 475 g/mol. The highest BCUT2D eigenvalue weighted by molar-refractivity contribution is 5.82. The lowest BCUT2D eigenvalue weighted by Crippen LogP contribution is -1.67. The largest absolute Gasteiger partial charge is 0.304 e. The molecule has 0 unspecified atom stereocenters. The number of benzene rings is 3. The van der Waals surface area contributed by atoms with Crippen LogP contribution in [-0.4, -0.2) is 12.6 Å². The molecule has 0 amide bonds. The molecular formula is C32H58O2. The second-order valence-corrected chi connectivity index (χ2v) is 3.97. The zero-order valence-electron chi connectivity index (χ0n) is 25.1. The van der Waals surface area contributed by atoms with E-state index < -0.39 is 0 Å². The smallest absolute Gasteiger partial charge is 0.116 e. The van der Waals surface area contributed by atoms with Gasteiger partial charge in [-0.2, -0.15) is 0 Å². The molecule has 3 aromatic rings. The van der Waals surface area contributed by atoms with Crippen molar-refractivity contribution in [2.75, 3.05) is 0 Å². The van der Waals surface area contributed by atoms with Crippen LogP contribution < -0.4 is 0 Å². The van der Waals surface area contributed by atoms with Gasteiger partial charge >= 0.3 is 0 Å². The molecule has 2 heteroatoms. The van der Waals surface area contributed by atoms with E-state index in [1.807, 2.05) is 119 Å². The monoisotopic (exact) mass is 474 g/mol. The maximum atomic E-state index is 8.81. The highest BCUT2D eigenvalue weighted by atomic mass is 16.1. The van der Waals surface area contributed by atoms with Crippen LogP contribution in [-0.2, 0) is 9.59 Å². The molecule has 0 aromatic heterocycles. The van der Waals surface area contributed by atoms with Gasteiger partial charge in [0.05, 0.1) is 0 Å². The molecule has 0 saturated carbocycles. The Labute approximate surface area is 214 Å². The number of carbonyl (C=O) groups is 2. The van der Waals surface area contributed by atoms with Gasteiger partial charge in [0.2, 0.25) is 0 Å². The first-order valence-corrected chi connectivity index (χ1v) is 13.0. The van der Waals surface area contributed by atoms with E-state index in [4.69, 9.17) is 9.59 Å². The minimum Gasteiger partial charge on any atom is -0.304 e. The van der Waals surface area contributed by atoms with Crippen LogP contribution in [0.3, 0.4) is 0 Å². The molecule has 0 spiro atoms. The summed E-state index contributed by atoms with van der Waals surface area (Å²) in [4.78, 5) is 17.6. The molecule has 0 aliphatic rings. The fraction of sp³-hybridized carbons (Fsp3) is 0.438. The van der Waals surface area contributed by atoms with Crippen LogP contribution in [0.2, 0.25) is 0 Å². The van der Waals surface area contributed by atoms with Crippen LogP contribution in [0.1, 0.15) is 96.9 Å². The third-order valence-corrected chi connectivity index (χ3v) is 2.33. The Hall–Kier alpha value is -2.74. The van der Waals surface area contributed by atoms with Crippen molar-refractivity contribution in [3.63, 3.8) is 0 Å². The Balaban J connectivity index is -0.0000000534. The minimum atomic E-state index is 0.750. The second-order valence-electron chi connectivity index (χ2n) is 3.97. The van der Waals surface area contributed by atoms with E-state index in [2.05, 4.69) is 48.5 Å². The van der Waals surface area contributed by atoms with Crippen LogP contribution in [0.15, 0.2) is 84.9 Å². The fourth-order valence-electron chi connectivity index (χ4n) is 1.52. The van der Waals surface area contributed by atoms with Gasteiger partial charge in [-0.25, -0.2) is 0 Å². The molecule has 0 radical (unpaired) electrons. The van der Waals surface area contributed by atoms with E-state index in [9.17, 15) is 0 Å². The molecule has 34 heavy (non-hydrogen) atoms. The first-order valence-electron chi connectivity index (χ1n) is 13.0. The Morgan fingerprint density at radius 3 is 0.588 bits per heavy atom. The van der Waals surface area contributed by atoms with Crippen molar-refractivity contribution >= 4 is 23.3 Å². The Morgan fingerprint density at radius 1 is 0.353 bits per heavy atom. The lowest BCUT2D eigenvalue weighted by atomic mass is 10.1. The molecule has 0 aliphatic carbocycles. The van der Waals surface area contributed by atoms with E-state index in [0.717, 1.165) is 12.6 Å². The van der Waals surface area contributed by atoms with Crippen LogP contribution in [0.25, 0.3) is 10.8 Å². The molecule has 0 saturated heterocycles. The topological polar surface area (TPSA) is 34.1 Å². The van der Waals surface area contributed by atoms with Crippen molar-refractivity contribution in [1.82, 2.24) is 0 Å². The molecule has 2 nitrogen and oxygen atoms in total. The Kier molecular flexibility index (Phi) is 99.9. The van der Waals surface area contributed by atoms with Crippen molar-refractivity contribution in [3.05, 3.63) is 84.9 Å². The summed E-state index contributed by atoms with van der Waals surface area (Å²) in [5.41, 5.74) is 0. The van der Waals surface area contributed by atoms with Gasteiger partial charge in [-0.1, -0.05) is 168 Å². The lowest BCUT2D eigenvalue weighted by molar-refractivity contribution is -0.106. The summed E-state index contributed by atoms with van der Waals surface area (Å²) in [7, 11) is 0. The highest BCUT2D eigenvalue weighted by Gasteiger charge is 1.85. The van der Waals surface area contributed by atoms with Gasteiger partial charge in [0.1, 0.15) is 12.6 Å². The summed E-state index contributed by atoms with van der Waals surface area (Å²) >= 11 is 0. The van der Waals surface area contributed by atoms with E-state index in [0.29, 0.717) is 0 Å². The molecule has 0 aliphatic heterocycles. The first-order chi connectivity index (χ1) is 16.8. The van der Waals surface area contributed by atoms with Gasteiger partial charge < -0.3 is 9.59 Å². The van der Waals surface area contributed by atoms with Gasteiger partial charge in [-0.15, -0.1) is 0 Å². The maximum Gasteiger partial charge on any atom is 0.116 e. The zero-order chi connectivity index (χ0) is 28.5. The summed E-state index contributed by atoms with van der Waals surface area (Å²) in [6.45, 7) is 26.9. The van der Waals surface area contributed by atoms with Gasteiger partial charge in [0.15, 0.2) is 0 Å². The average Bonchev–Trinajstić information content (AvgIpc) is 2.97. The zero-order valence-corrected chi connectivity index (χ0v) is 25.1. The molecule has 3 rings (SSSR count). The Morgan fingerprint density at radius 2 is 0.471 bits per heavy atom. The number of hydrogen-bond donors (Lipinski definition) is 0. The number of hydrogen-bond acceptors (Lipinski definition) is 2. The number of fused-ring (bicyclic) bond motifs is 1. The van der Waals surface area contributed by atoms with Crippen molar-refractivity contribution in [3.8, 4) is 0 Å². The van der Waals surface area contributed by atoms with E-state index in [-0.39, 0.29) is 0 Å². The summed E-state index contributed by atoms with van der Waals surface area (Å²) in [6, 6.07) is 28.7. The van der Waals surface area contributed by atoms with Crippen molar-refractivity contribution in [2.45, 2.75) is 96.9 Å². The quantitative estimate of drug-likeness (QED) is 0.303. The number of aldehydes is 2. The molecule has 0 heterocycles. The standard InChI is InChI=1S/C10H8.C6H6.2C2H4O.6C2H6/c1-2-6-10-8-4-3-7-9(10)5-1;1-2-4-6-5-3-1;2*1-2-3;6*1-2/h1-8H;1-6H;2*2H,1H3;6*1-2H3. The number of rotatable bonds is 0. The lowest BCUT2D eigenvalue weighted by Gasteiger charge is -1.92. The maximum absolute atomic E-state index is 8.81. The van der Waals surface area contributed by atoms with E-state index >= 15 is 0 Å². The predicted octanol–water partition coefficient (Wildman–Crippen LogP) is 11.1. The summed E-state index contributed by atoms with van der Waals surface area (Å²) < 4.78 is 0. The van der Waals surface area contributed by atoms with E-state index in [1.54, 1.807) is 0 Å². The SMILES string of the molecule is CC.CC.CC.CC.CC.CC.CC=O.CC=O.c1ccc2ccccc2c1.c1ccccc1. The van der Waals surface area contributed by atoms with Gasteiger partial charge in [-0.05, 0) is 24.6 Å². The van der Waals surface area contributed by atoms with Crippen molar-refractivity contribution < 1.29 is 9.59 Å². The van der Waals surface area contributed by atoms with Gasteiger partial charge in [0, 0.05) is 0 Å². The van der Waals surface area contributed by atoms with Gasteiger partial charge in [-0.3, -0.25) is 0 Å². The second kappa shape index (κ2) is 69.8. The third kappa shape index (κ3) is 51.7. The molecule has 0 fully saturated rings. The van der Waals surface area contributed by atoms with E-state index in [1.165, 1.54) is 24.6 Å². The highest BCUT2D eigenvalue weighted by Crippen LogP contribution is 2.11. The molecular weight excluding hydrogens is 416 g/mol. The Bertz CT molecular complexity index is 522. The minimum absolute atomic E-state index is 0.750. The van der Waals surface area contributed by atoms with Crippen LogP contribution in [0, 0.1) is 0 Å². The third-order valence-electron chi connectivity index (χ3n) is 2.33. The normalized spacial score (nSPS) is 6.18. The van der Waals surface area contributed by atoms with Crippen LogP contribution in [0.4, 0.5) is 0 Å². The van der Waals surface area contributed by atoms with Crippen molar-refractivity contribution in [2.24, 2.45) is 0 Å². The van der Waals surface area contributed by atoms with Crippen molar-refractivity contribution in [1.29, 1.82) is 0 Å². The molecule has 3 aromatic carbocycles. The summed E-state index contributed by atoms with van der Waals surface area (Å²) in [5.74, 6) is 0. The van der Waals surface area contributed by atoms with Gasteiger partial charge in [0.25, 0.3) is 0 Å².